The normalized spacial score (nSPS) is 11.9. The molecule has 0 aliphatic heterocycles. The molecule has 0 unspecified atom stereocenters. The molecule has 2 nitrogen and oxygen atoms in total. The molecule has 0 aliphatic carbocycles. The minimum atomic E-state index is 1.11. The first-order valence-electron chi connectivity index (χ1n) is 19.5. The van der Waals surface area contributed by atoms with Crippen LogP contribution in [0.4, 0.5) is 17.1 Å². The summed E-state index contributed by atoms with van der Waals surface area (Å²) in [4.78, 5) is 2.50. The van der Waals surface area contributed by atoms with Gasteiger partial charge >= 0.3 is 0 Å². The fourth-order valence-electron chi connectivity index (χ4n) is 9.18. The highest BCUT2D eigenvalue weighted by atomic mass is 32.1. The molecule has 57 heavy (non-hydrogen) atoms. The second kappa shape index (κ2) is 12.7. The van der Waals surface area contributed by atoms with Crippen LogP contribution in [-0.4, -0.2) is 4.57 Å². The van der Waals surface area contributed by atoms with Gasteiger partial charge in [-0.25, -0.2) is 0 Å². The van der Waals surface area contributed by atoms with Gasteiger partial charge < -0.3 is 9.47 Å². The zero-order valence-corrected chi connectivity index (χ0v) is 31.7. The number of hydrogen-bond donors (Lipinski definition) is 0. The number of benzene rings is 10. The van der Waals surface area contributed by atoms with Crippen molar-refractivity contribution in [3.8, 4) is 16.8 Å². The molecule has 0 N–H and O–H groups in total. The summed E-state index contributed by atoms with van der Waals surface area (Å²) in [7, 11) is 0. The molecule has 2 aromatic heterocycles. The van der Waals surface area contributed by atoms with Crippen molar-refractivity contribution in [1.82, 2.24) is 4.57 Å². The van der Waals surface area contributed by atoms with E-state index >= 15 is 0 Å². The molecule has 0 bridgehead atoms. The van der Waals surface area contributed by atoms with Crippen LogP contribution in [-0.2, 0) is 0 Å². The van der Waals surface area contributed by atoms with Gasteiger partial charge in [0.05, 0.1) is 16.7 Å². The number of rotatable bonds is 5. The first kappa shape index (κ1) is 32.1. The Bertz CT molecular complexity index is 3530. The number of thiophene rings is 1. The van der Waals surface area contributed by atoms with Crippen molar-refractivity contribution >= 4 is 103 Å². The van der Waals surface area contributed by atoms with Crippen LogP contribution in [0.3, 0.4) is 0 Å². The van der Waals surface area contributed by atoms with E-state index in [1.165, 1.54) is 85.4 Å². The van der Waals surface area contributed by atoms with Gasteiger partial charge in [0, 0.05) is 53.6 Å². The third kappa shape index (κ3) is 4.96. The van der Waals surface area contributed by atoms with Gasteiger partial charge in [0.2, 0.25) is 0 Å². The predicted molar refractivity (Wildman–Crippen MR) is 246 cm³/mol. The fourth-order valence-corrected chi connectivity index (χ4v) is 10.4. The van der Waals surface area contributed by atoms with Gasteiger partial charge in [-0.15, -0.1) is 11.3 Å². The Balaban J connectivity index is 1.19. The molecular formula is C54H34N2S. The van der Waals surface area contributed by atoms with E-state index in [1.54, 1.807) is 0 Å². The van der Waals surface area contributed by atoms with Crippen molar-refractivity contribution in [3.05, 3.63) is 206 Å². The Morgan fingerprint density at radius 1 is 0.368 bits per heavy atom. The number of para-hydroxylation sites is 2. The fraction of sp³-hybridized carbons (Fsp3) is 0. The maximum absolute atomic E-state index is 2.50. The van der Waals surface area contributed by atoms with E-state index in [4.69, 9.17) is 0 Å². The standard InChI is InChI=1S/C54H34N2S/c1-2-16-38(17-3-1)56-49-23-10-8-20-44(49)45-30-29-40(34-51(45)56)55(39-28-27-37-26-25-36-14-5-7-19-42(36)48(37)33-39)50-32-31-46(43-22-12-15-35-13-4-6-18-41(35)43)54-53(50)47-21-9-11-24-52(47)57-54/h1-34H. The minimum Gasteiger partial charge on any atom is -0.310 e. The van der Waals surface area contributed by atoms with Gasteiger partial charge in [-0.1, -0.05) is 152 Å². The highest BCUT2D eigenvalue weighted by Crippen LogP contribution is 2.50. The zero-order valence-electron chi connectivity index (χ0n) is 30.9. The lowest BCUT2D eigenvalue weighted by Crippen LogP contribution is -2.11. The third-order valence-corrected chi connectivity index (χ3v) is 12.9. The smallest absolute Gasteiger partial charge is 0.0561 e. The molecule has 3 heteroatoms. The van der Waals surface area contributed by atoms with Crippen molar-refractivity contribution in [2.24, 2.45) is 0 Å². The Hall–Kier alpha value is -7.20. The van der Waals surface area contributed by atoms with Gasteiger partial charge in [0.15, 0.2) is 0 Å². The van der Waals surface area contributed by atoms with E-state index in [1.807, 2.05) is 11.3 Å². The summed E-state index contributed by atoms with van der Waals surface area (Å²) in [6, 6.07) is 75.8. The quantitative estimate of drug-likeness (QED) is 0.159. The minimum absolute atomic E-state index is 1.11. The average Bonchev–Trinajstić information content (AvgIpc) is 3.83. The molecule has 0 atom stereocenters. The maximum Gasteiger partial charge on any atom is 0.0561 e. The van der Waals surface area contributed by atoms with Crippen LogP contribution in [0.15, 0.2) is 206 Å². The topological polar surface area (TPSA) is 8.17 Å². The number of anilines is 3. The lowest BCUT2D eigenvalue weighted by Gasteiger charge is -2.28. The Labute approximate surface area is 333 Å². The van der Waals surface area contributed by atoms with Gasteiger partial charge in [-0.2, -0.15) is 0 Å². The van der Waals surface area contributed by atoms with E-state index in [0.717, 1.165) is 22.7 Å². The van der Waals surface area contributed by atoms with E-state index in [2.05, 4.69) is 216 Å². The van der Waals surface area contributed by atoms with Gasteiger partial charge in [0.1, 0.15) is 0 Å². The van der Waals surface area contributed by atoms with Crippen LogP contribution >= 0.6 is 11.3 Å². The maximum atomic E-state index is 2.50. The molecule has 0 spiro atoms. The number of hydrogen-bond acceptors (Lipinski definition) is 2. The van der Waals surface area contributed by atoms with Crippen LogP contribution < -0.4 is 4.90 Å². The second-order valence-electron chi connectivity index (χ2n) is 14.9. The molecule has 0 saturated carbocycles. The SMILES string of the molecule is c1ccc(-n2c3ccccc3c3ccc(N(c4ccc5ccc6ccccc6c5c4)c4ccc(-c5cccc6ccccc56)c5sc6ccccc6c45)cc32)cc1. The highest BCUT2D eigenvalue weighted by molar-refractivity contribution is 7.26. The lowest BCUT2D eigenvalue weighted by molar-refractivity contribution is 1.18. The van der Waals surface area contributed by atoms with Crippen LogP contribution in [0, 0.1) is 0 Å². The van der Waals surface area contributed by atoms with Crippen molar-refractivity contribution in [2.45, 2.75) is 0 Å². The second-order valence-corrected chi connectivity index (χ2v) is 15.9. The Kier molecular flexibility index (Phi) is 7.13. The monoisotopic (exact) mass is 742 g/mol. The molecular weight excluding hydrogens is 709 g/mol. The first-order chi connectivity index (χ1) is 28.3. The molecule has 0 saturated heterocycles. The molecule has 12 rings (SSSR count). The first-order valence-corrected chi connectivity index (χ1v) is 20.3. The largest absolute Gasteiger partial charge is 0.310 e. The van der Waals surface area contributed by atoms with Crippen molar-refractivity contribution in [3.63, 3.8) is 0 Å². The molecule has 0 radical (unpaired) electrons. The third-order valence-electron chi connectivity index (χ3n) is 11.7. The Morgan fingerprint density at radius 3 is 1.84 bits per heavy atom. The van der Waals surface area contributed by atoms with E-state index in [9.17, 15) is 0 Å². The number of aromatic nitrogens is 1. The molecule has 266 valence electrons. The van der Waals surface area contributed by atoms with Gasteiger partial charge in [0.25, 0.3) is 0 Å². The number of fused-ring (bicyclic) bond motifs is 10. The summed E-state index contributed by atoms with van der Waals surface area (Å²) in [6.45, 7) is 0. The summed E-state index contributed by atoms with van der Waals surface area (Å²) in [5.74, 6) is 0. The number of nitrogens with zero attached hydrogens (tertiary/aromatic N) is 2. The van der Waals surface area contributed by atoms with E-state index < -0.39 is 0 Å². The summed E-state index contributed by atoms with van der Waals surface area (Å²) >= 11 is 1.89. The van der Waals surface area contributed by atoms with E-state index in [-0.39, 0.29) is 0 Å². The summed E-state index contributed by atoms with van der Waals surface area (Å²) in [5.41, 5.74) is 9.43. The molecule has 0 amide bonds. The summed E-state index contributed by atoms with van der Waals surface area (Å²) in [6.07, 6.45) is 0. The van der Waals surface area contributed by atoms with Crippen molar-refractivity contribution < 1.29 is 0 Å². The van der Waals surface area contributed by atoms with Crippen molar-refractivity contribution in [2.75, 3.05) is 4.90 Å². The van der Waals surface area contributed by atoms with Crippen molar-refractivity contribution in [1.29, 1.82) is 0 Å². The molecule has 12 aromatic rings. The molecule has 10 aromatic carbocycles. The van der Waals surface area contributed by atoms with Crippen LogP contribution in [0.5, 0.6) is 0 Å². The molecule has 2 heterocycles. The molecule has 0 aliphatic rings. The average molecular weight is 743 g/mol. The van der Waals surface area contributed by atoms with E-state index in [0.29, 0.717) is 0 Å². The Morgan fingerprint density at radius 2 is 0.982 bits per heavy atom. The van der Waals surface area contributed by atoms with Crippen LogP contribution in [0.25, 0.3) is 91.1 Å². The predicted octanol–water partition coefficient (Wildman–Crippen LogP) is 15.7. The van der Waals surface area contributed by atoms with Crippen LogP contribution in [0.2, 0.25) is 0 Å². The lowest BCUT2D eigenvalue weighted by atomic mass is 9.95. The van der Waals surface area contributed by atoms with Crippen LogP contribution in [0.1, 0.15) is 0 Å². The molecule has 0 fully saturated rings. The summed E-state index contributed by atoms with van der Waals surface area (Å²) in [5, 5.41) is 12.5. The summed E-state index contributed by atoms with van der Waals surface area (Å²) < 4.78 is 4.99. The van der Waals surface area contributed by atoms with Gasteiger partial charge in [-0.05, 0) is 92.5 Å². The van der Waals surface area contributed by atoms with Gasteiger partial charge in [-0.3, -0.25) is 0 Å². The zero-order chi connectivity index (χ0) is 37.5. The highest BCUT2D eigenvalue weighted by Gasteiger charge is 2.23.